The van der Waals surface area contributed by atoms with Crippen LogP contribution in [0, 0.1) is 12.8 Å². The van der Waals surface area contributed by atoms with Crippen molar-refractivity contribution in [3.63, 3.8) is 0 Å². The Morgan fingerprint density at radius 2 is 1.94 bits per heavy atom. The van der Waals surface area contributed by atoms with Crippen LogP contribution in [0.2, 0.25) is 10.0 Å². The van der Waals surface area contributed by atoms with Crippen LogP contribution < -0.4 is 5.32 Å². The molecule has 0 bridgehead atoms. The van der Waals surface area contributed by atoms with Gasteiger partial charge in [-0.25, -0.2) is 0 Å². The van der Waals surface area contributed by atoms with Crippen LogP contribution in [0.25, 0.3) is 0 Å². The first-order valence-corrected chi connectivity index (χ1v) is 6.53. The molecule has 96 valence electrons. The highest BCUT2D eigenvalue weighted by Gasteiger charge is 2.04. The molecule has 2 nitrogen and oxygen atoms in total. The maximum atomic E-state index is 6.10. The highest BCUT2D eigenvalue weighted by atomic mass is 35.5. The molecule has 0 saturated heterocycles. The number of hydrogen-bond acceptors (Lipinski definition) is 2. The van der Waals surface area contributed by atoms with Crippen LogP contribution in [0.3, 0.4) is 0 Å². The van der Waals surface area contributed by atoms with Crippen LogP contribution in [0.4, 0.5) is 5.69 Å². The van der Waals surface area contributed by atoms with Crippen molar-refractivity contribution < 1.29 is 4.74 Å². The Kier molecular flexibility index (Phi) is 6.10. The number of halogens is 2. The van der Waals surface area contributed by atoms with Crippen molar-refractivity contribution >= 4 is 28.9 Å². The van der Waals surface area contributed by atoms with Gasteiger partial charge in [-0.3, -0.25) is 0 Å². The standard InChI is InChI=1S/C13H19Cl2NO/c1-9(2)8-17-5-4-16-13-7-11(14)10(3)6-12(13)15/h6-7,9,16H,4-5,8H2,1-3H3. The summed E-state index contributed by atoms with van der Waals surface area (Å²) < 4.78 is 5.47. The van der Waals surface area contributed by atoms with Crippen LogP contribution in [0.1, 0.15) is 19.4 Å². The second-order valence-corrected chi connectivity index (χ2v) is 5.29. The monoisotopic (exact) mass is 275 g/mol. The van der Waals surface area contributed by atoms with E-state index < -0.39 is 0 Å². The maximum absolute atomic E-state index is 6.10. The van der Waals surface area contributed by atoms with Gasteiger partial charge >= 0.3 is 0 Å². The summed E-state index contributed by atoms with van der Waals surface area (Å²) in [6, 6.07) is 3.71. The van der Waals surface area contributed by atoms with E-state index in [1.54, 1.807) is 0 Å². The summed E-state index contributed by atoms with van der Waals surface area (Å²) >= 11 is 12.1. The Balaban J connectivity index is 2.39. The summed E-state index contributed by atoms with van der Waals surface area (Å²) in [5.41, 5.74) is 1.84. The van der Waals surface area contributed by atoms with E-state index in [2.05, 4.69) is 19.2 Å². The van der Waals surface area contributed by atoms with Gasteiger partial charge in [-0.05, 0) is 30.5 Å². The largest absolute Gasteiger partial charge is 0.381 e. The minimum atomic E-state index is 0.562. The second-order valence-electron chi connectivity index (χ2n) is 4.48. The first-order valence-electron chi connectivity index (χ1n) is 5.78. The summed E-state index contributed by atoms with van der Waals surface area (Å²) in [4.78, 5) is 0. The lowest BCUT2D eigenvalue weighted by Gasteiger charge is -2.11. The Labute approximate surface area is 113 Å². The number of rotatable bonds is 6. The first kappa shape index (κ1) is 14.6. The van der Waals surface area contributed by atoms with Crippen molar-refractivity contribution in [2.24, 2.45) is 5.92 Å². The molecule has 0 heterocycles. The highest BCUT2D eigenvalue weighted by molar-refractivity contribution is 6.35. The summed E-state index contributed by atoms with van der Waals surface area (Å²) in [5, 5.41) is 4.63. The van der Waals surface area contributed by atoms with Crippen LogP contribution in [0.15, 0.2) is 12.1 Å². The zero-order chi connectivity index (χ0) is 12.8. The number of benzene rings is 1. The molecule has 0 aliphatic heterocycles. The summed E-state index contributed by atoms with van der Waals surface area (Å²) in [5.74, 6) is 0.562. The minimum Gasteiger partial charge on any atom is -0.381 e. The number of hydrogen-bond donors (Lipinski definition) is 1. The van der Waals surface area contributed by atoms with E-state index in [0.717, 1.165) is 29.4 Å². The van der Waals surface area contributed by atoms with Gasteiger partial charge in [-0.15, -0.1) is 0 Å². The van der Waals surface area contributed by atoms with Crippen molar-refractivity contribution in [1.29, 1.82) is 0 Å². The molecule has 0 unspecified atom stereocenters. The molecule has 0 aromatic heterocycles. The van der Waals surface area contributed by atoms with Crippen LogP contribution in [-0.2, 0) is 4.74 Å². The second kappa shape index (κ2) is 7.10. The molecule has 0 fully saturated rings. The fraction of sp³-hybridized carbons (Fsp3) is 0.538. The molecule has 0 atom stereocenters. The zero-order valence-corrected chi connectivity index (χ0v) is 12.0. The molecular weight excluding hydrogens is 257 g/mol. The predicted molar refractivity (Wildman–Crippen MR) is 75.3 cm³/mol. The molecule has 0 saturated carbocycles. The van der Waals surface area contributed by atoms with Crippen molar-refractivity contribution in [2.75, 3.05) is 25.1 Å². The molecule has 17 heavy (non-hydrogen) atoms. The lowest BCUT2D eigenvalue weighted by Crippen LogP contribution is -2.12. The van der Waals surface area contributed by atoms with Gasteiger partial charge in [0.05, 0.1) is 17.3 Å². The van der Waals surface area contributed by atoms with Crippen LogP contribution in [-0.4, -0.2) is 19.8 Å². The average Bonchev–Trinajstić information content (AvgIpc) is 2.24. The van der Waals surface area contributed by atoms with Crippen molar-refractivity contribution in [2.45, 2.75) is 20.8 Å². The van der Waals surface area contributed by atoms with E-state index in [1.807, 2.05) is 19.1 Å². The average molecular weight is 276 g/mol. The third-order valence-corrected chi connectivity index (χ3v) is 2.98. The molecular formula is C13H19Cl2NO. The van der Waals surface area contributed by atoms with Crippen LogP contribution >= 0.6 is 23.2 Å². The molecule has 0 amide bonds. The van der Waals surface area contributed by atoms with Gasteiger partial charge in [0.15, 0.2) is 0 Å². The Bertz CT molecular complexity index is 367. The van der Waals surface area contributed by atoms with E-state index in [0.29, 0.717) is 17.5 Å². The topological polar surface area (TPSA) is 21.3 Å². The number of nitrogens with one attached hydrogen (secondary N) is 1. The first-order chi connectivity index (χ1) is 8.00. The Hall–Kier alpha value is -0.440. The van der Waals surface area contributed by atoms with Gasteiger partial charge in [-0.1, -0.05) is 37.0 Å². The third kappa shape index (κ3) is 5.15. The van der Waals surface area contributed by atoms with Crippen molar-refractivity contribution in [1.82, 2.24) is 0 Å². The highest BCUT2D eigenvalue weighted by Crippen LogP contribution is 2.28. The molecule has 1 aromatic rings. The zero-order valence-electron chi connectivity index (χ0n) is 10.5. The quantitative estimate of drug-likeness (QED) is 0.778. The molecule has 1 rings (SSSR count). The number of ether oxygens (including phenoxy) is 1. The Morgan fingerprint density at radius 3 is 2.59 bits per heavy atom. The number of aryl methyl sites for hydroxylation is 1. The lowest BCUT2D eigenvalue weighted by molar-refractivity contribution is 0.118. The van der Waals surface area contributed by atoms with Gasteiger partial charge in [0.2, 0.25) is 0 Å². The molecule has 4 heteroatoms. The smallest absolute Gasteiger partial charge is 0.0641 e. The molecule has 0 radical (unpaired) electrons. The lowest BCUT2D eigenvalue weighted by atomic mass is 10.2. The van der Waals surface area contributed by atoms with E-state index in [-0.39, 0.29) is 0 Å². The van der Waals surface area contributed by atoms with E-state index in [9.17, 15) is 0 Å². The third-order valence-electron chi connectivity index (χ3n) is 2.26. The Morgan fingerprint density at radius 1 is 1.24 bits per heavy atom. The molecule has 1 N–H and O–H groups in total. The van der Waals surface area contributed by atoms with E-state index in [1.165, 1.54) is 0 Å². The molecule has 0 aliphatic rings. The van der Waals surface area contributed by atoms with Crippen LogP contribution in [0.5, 0.6) is 0 Å². The van der Waals surface area contributed by atoms with Gasteiger partial charge < -0.3 is 10.1 Å². The predicted octanol–water partition coefficient (Wildman–Crippen LogP) is 4.39. The fourth-order valence-corrected chi connectivity index (χ4v) is 1.81. The van der Waals surface area contributed by atoms with Gasteiger partial charge in [0, 0.05) is 18.2 Å². The van der Waals surface area contributed by atoms with E-state index in [4.69, 9.17) is 27.9 Å². The number of anilines is 1. The normalized spacial score (nSPS) is 10.9. The summed E-state index contributed by atoms with van der Waals surface area (Å²) in [6.07, 6.45) is 0. The van der Waals surface area contributed by atoms with Gasteiger partial charge in [0.1, 0.15) is 0 Å². The molecule has 0 spiro atoms. The van der Waals surface area contributed by atoms with Crippen molar-refractivity contribution in [3.8, 4) is 0 Å². The van der Waals surface area contributed by atoms with Crippen molar-refractivity contribution in [3.05, 3.63) is 27.7 Å². The summed E-state index contributed by atoms with van der Waals surface area (Å²) in [6.45, 7) is 8.37. The minimum absolute atomic E-state index is 0.562. The van der Waals surface area contributed by atoms with Gasteiger partial charge in [0.25, 0.3) is 0 Å². The molecule has 1 aromatic carbocycles. The SMILES string of the molecule is Cc1cc(Cl)c(NCCOCC(C)C)cc1Cl. The maximum Gasteiger partial charge on any atom is 0.0641 e. The van der Waals surface area contributed by atoms with E-state index >= 15 is 0 Å². The molecule has 0 aliphatic carbocycles. The fourth-order valence-electron chi connectivity index (χ4n) is 1.36. The summed E-state index contributed by atoms with van der Waals surface area (Å²) in [7, 11) is 0. The van der Waals surface area contributed by atoms with Gasteiger partial charge in [-0.2, -0.15) is 0 Å².